The fraction of sp³-hybridized carbons (Fsp3) is 0.500. The van der Waals surface area contributed by atoms with Gasteiger partial charge in [-0.05, 0) is 43.9 Å². The van der Waals surface area contributed by atoms with Gasteiger partial charge < -0.3 is 4.57 Å². The van der Waals surface area contributed by atoms with Gasteiger partial charge >= 0.3 is 0 Å². The van der Waals surface area contributed by atoms with Crippen LogP contribution >= 0.6 is 11.6 Å². The molecule has 90 valence electrons. The van der Waals surface area contributed by atoms with E-state index in [0.717, 1.165) is 17.3 Å². The van der Waals surface area contributed by atoms with Crippen LogP contribution in [-0.4, -0.2) is 9.55 Å². The van der Waals surface area contributed by atoms with Crippen LogP contribution in [0.1, 0.15) is 43.1 Å². The number of halogens is 1. The van der Waals surface area contributed by atoms with Crippen molar-refractivity contribution in [2.75, 3.05) is 0 Å². The summed E-state index contributed by atoms with van der Waals surface area (Å²) >= 11 is 6.26. The lowest BCUT2D eigenvalue weighted by Crippen LogP contribution is -2.03. The molecule has 3 rings (SSSR count). The molecule has 3 heteroatoms. The Balaban J connectivity index is 2.25. The van der Waals surface area contributed by atoms with Gasteiger partial charge in [0.25, 0.3) is 0 Å². The SMILES string of the molecule is Cc1ccc2nc(C(C)Cl)n(C3CC3C)c2c1. The maximum atomic E-state index is 6.26. The van der Waals surface area contributed by atoms with Gasteiger partial charge in [-0.3, -0.25) is 0 Å². The molecule has 3 unspecified atom stereocenters. The monoisotopic (exact) mass is 248 g/mol. The van der Waals surface area contributed by atoms with E-state index in [4.69, 9.17) is 11.6 Å². The van der Waals surface area contributed by atoms with E-state index in [2.05, 4.69) is 41.6 Å². The first kappa shape index (κ1) is 11.1. The molecule has 1 aliphatic carbocycles. The minimum atomic E-state index is -0.0319. The van der Waals surface area contributed by atoms with Crippen molar-refractivity contribution in [2.45, 2.75) is 38.6 Å². The summed E-state index contributed by atoms with van der Waals surface area (Å²) < 4.78 is 2.35. The van der Waals surface area contributed by atoms with E-state index in [1.165, 1.54) is 17.5 Å². The third-order valence-corrected chi connectivity index (χ3v) is 3.82. The first-order valence-corrected chi connectivity index (χ1v) is 6.64. The molecule has 0 spiro atoms. The van der Waals surface area contributed by atoms with Gasteiger partial charge in [0.05, 0.1) is 16.4 Å². The van der Waals surface area contributed by atoms with Crippen LogP contribution in [-0.2, 0) is 0 Å². The maximum absolute atomic E-state index is 6.26. The normalized spacial score (nSPS) is 25.2. The second-order valence-electron chi connectivity index (χ2n) is 5.23. The van der Waals surface area contributed by atoms with Crippen LogP contribution in [0.25, 0.3) is 11.0 Å². The van der Waals surface area contributed by atoms with Crippen LogP contribution in [0.4, 0.5) is 0 Å². The van der Waals surface area contributed by atoms with Gasteiger partial charge in [-0.25, -0.2) is 4.98 Å². The molecule has 3 atom stereocenters. The summed E-state index contributed by atoms with van der Waals surface area (Å²) in [5.41, 5.74) is 3.58. The van der Waals surface area contributed by atoms with Crippen molar-refractivity contribution >= 4 is 22.6 Å². The molecule has 0 amide bonds. The highest BCUT2D eigenvalue weighted by Gasteiger charge is 2.37. The first-order chi connectivity index (χ1) is 8.08. The summed E-state index contributed by atoms with van der Waals surface area (Å²) in [6.45, 7) is 6.41. The molecule has 0 radical (unpaired) electrons. The molecule has 1 heterocycles. The van der Waals surface area contributed by atoms with Gasteiger partial charge in [-0.15, -0.1) is 11.6 Å². The highest BCUT2D eigenvalue weighted by Crippen LogP contribution is 2.46. The van der Waals surface area contributed by atoms with Gasteiger partial charge in [0.15, 0.2) is 0 Å². The number of benzene rings is 1. The van der Waals surface area contributed by atoms with Crippen LogP contribution in [0.3, 0.4) is 0 Å². The number of aromatic nitrogens is 2. The quantitative estimate of drug-likeness (QED) is 0.728. The van der Waals surface area contributed by atoms with Gasteiger partial charge in [0.2, 0.25) is 0 Å². The zero-order chi connectivity index (χ0) is 12.2. The Morgan fingerprint density at radius 3 is 2.76 bits per heavy atom. The molecule has 1 aromatic heterocycles. The average molecular weight is 249 g/mol. The van der Waals surface area contributed by atoms with E-state index in [0.29, 0.717) is 6.04 Å². The Hall–Kier alpha value is -1.02. The number of hydrogen-bond acceptors (Lipinski definition) is 1. The predicted molar refractivity (Wildman–Crippen MR) is 71.6 cm³/mol. The van der Waals surface area contributed by atoms with Crippen molar-refractivity contribution < 1.29 is 0 Å². The van der Waals surface area contributed by atoms with Crippen molar-refractivity contribution in [2.24, 2.45) is 5.92 Å². The van der Waals surface area contributed by atoms with Crippen LogP contribution < -0.4 is 0 Å². The summed E-state index contributed by atoms with van der Waals surface area (Å²) in [7, 11) is 0. The van der Waals surface area contributed by atoms with Crippen LogP contribution in [0.2, 0.25) is 0 Å². The Morgan fingerprint density at radius 1 is 1.47 bits per heavy atom. The molecule has 0 aliphatic heterocycles. The van der Waals surface area contributed by atoms with Gasteiger partial charge in [0, 0.05) is 6.04 Å². The highest BCUT2D eigenvalue weighted by atomic mass is 35.5. The smallest absolute Gasteiger partial charge is 0.127 e. The van der Waals surface area contributed by atoms with E-state index < -0.39 is 0 Å². The number of hydrogen-bond donors (Lipinski definition) is 0. The number of fused-ring (bicyclic) bond motifs is 1. The van der Waals surface area contributed by atoms with E-state index >= 15 is 0 Å². The van der Waals surface area contributed by atoms with E-state index in [1.54, 1.807) is 0 Å². The van der Waals surface area contributed by atoms with Crippen molar-refractivity contribution in [3.8, 4) is 0 Å². The zero-order valence-corrected chi connectivity index (χ0v) is 11.2. The lowest BCUT2D eigenvalue weighted by Gasteiger charge is -2.09. The molecule has 0 bridgehead atoms. The summed E-state index contributed by atoms with van der Waals surface area (Å²) in [5.74, 6) is 1.77. The molecule has 17 heavy (non-hydrogen) atoms. The number of aryl methyl sites for hydroxylation is 1. The predicted octanol–water partition coefficient (Wildman–Crippen LogP) is 4.23. The van der Waals surface area contributed by atoms with Crippen molar-refractivity contribution in [1.82, 2.24) is 9.55 Å². The molecule has 1 saturated carbocycles. The average Bonchev–Trinajstić information content (AvgIpc) is 2.86. The second-order valence-corrected chi connectivity index (χ2v) is 5.88. The largest absolute Gasteiger partial charge is 0.323 e. The molecule has 1 fully saturated rings. The van der Waals surface area contributed by atoms with Crippen molar-refractivity contribution in [3.63, 3.8) is 0 Å². The standard InChI is InChI=1S/C14H17ClN2/c1-8-4-5-11-13(6-8)17(12-7-9(12)2)14(16-11)10(3)15/h4-6,9-10,12H,7H2,1-3H3. The molecule has 0 N–H and O–H groups in total. The Bertz CT molecular complexity index is 571. The molecule has 2 nitrogen and oxygen atoms in total. The van der Waals surface area contributed by atoms with Gasteiger partial charge in [-0.2, -0.15) is 0 Å². The molecule has 2 aromatic rings. The summed E-state index contributed by atoms with van der Waals surface area (Å²) in [5, 5.41) is -0.0319. The topological polar surface area (TPSA) is 17.8 Å². The van der Waals surface area contributed by atoms with Gasteiger partial charge in [0.1, 0.15) is 5.82 Å². The van der Waals surface area contributed by atoms with E-state index in [-0.39, 0.29) is 5.38 Å². The fourth-order valence-electron chi connectivity index (χ4n) is 2.51. The lowest BCUT2D eigenvalue weighted by molar-refractivity contribution is 0.659. The number of nitrogens with zero attached hydrogens (tertiary/aromatic N) is 2. The highest BCUT2D eigenvalue weighted by molar-refractivity contribution is 6.20. The Labute approximate surface area is 107 Å². The fourth-order valence-corrected chi connectivity index (χ4v) is 2.67. The maximum Gasteiger partial charge on any atom is 0.127 e. The zero-order valence-electron chi connectivity index (χ0n) is 10.4. The Morgan fingerprint density at radius 2 is 2.18 bits per heavy atom. The van der Waals surface area contributed by atoms with Crippen LogP contribution in [0.5, 0.6) is 0 Å². The molecule has 1 aromatic carbocycles. The lowest BCUT2D eigenvalue weighted by atomic mass is 10.2. The van der Waals surface area contributed by atoms with Crippen molar-refractivity contribution in [3.05, 3.63) is 29.6 Å². The molecule has 0 saturated heterocycles. The number of alkyl halides is 1. The third-order valence-electron chi connectivity index (χ3n) is 3.63. The molecular formula is C14H17ClN2. The summed E-state index contributed by atoms with van der Waals surface area (Å²) in [6, 6.07) is 7.02. The van der Waals surface area contributed by atoms with Gasteiger partial charge in [-0.1, -0.05) is 13.0 Å². The van der Waals surface area contributed by atoms with Crippen molar-refractivity contribution in [1.29, 1.82) is 0 Å². The molecule has 1 aliphatic rings. The first-order valence-electron chi connectivity index (χ1n) is 6.20. The minimum absolute atomic E-state index is 0.0319. The Kier molecular flexibility index (Phi) is 2.44. The van der Waals surface area contributed by atoms with E-state index in [9.17, 15) is 0 Å². The number of rotatable bonds is 2. The van der Waals surface area contributed by atoms with Crippen LogP contribution in [0, 0.1) is 12.8 Å². The minimum Gasteiger partial charge on any atom is -0.323 e. The third kappa shape index (κ3) is 1.75. The summed E-state index contributed by atoms with van der Waals surface area (Å²) in [6.07, 6.45) is 1.25. The van der Waals surface area contributed by atoms with E-state index in [1.807, 2.05) is 6.92 Å². The second kappa shape index (κ2) is 3.74. The summed E-state index contributed by atoms with van der Waals surface area (Å²) in [4.78, 5) is 4.68. The number of imidazole rings is 1. The van der Waals surface area contributed by atoms with Crippen LogP contribution in [0.15, 0.2) is 18.2 Å². The molecular weight excluding hydrogens is 232 g/mol.